The molecule has 0 aliphatic rings. The van der Waals surface area contributed by atoms with E-state index >= 15 is 0 Å². The van der Waals surface area contributed by atoms with Gasteiger partial charge in [-0.25, -0.2) is 9.55 Å². The minimum absolute atomic E-state index is 0.0822. The first-order chi connectivity index (χ1) is 6.87. The van der Waals surface area contributed by atoms with Gasteiger partial charge in [0.25, 0.3) is 0 Å². The van der Waals surface area contributed by atoms with Crippen LogP contribution in [0.25, 0.3) is 0 Å². The van der Waals surface area contributed by atoms with Crippen molar-refractivity contribution in [3.05, 3.63) is 22.1 Å². The predicted molar refractivity (Wildman–Crippen MR) is 60.5 cm³/mol. The molecule has 0 amide bonds. The molecule has 1 heterocycles. The number of nitrogens with zero attached hydrogens (tertiary/aromatic N) is 3. The van der Waals surface area contributed by atoms with Crippen LogP contribution >= 0.6 is 0 Å². The molecule has 0 aliphatic heterocycles. The summed E-state index contributed by atoms with van der Waals surface area (Å²) >= 11 is 0. The molecule has 0 saturated carbocycles. The van der Waals surface area contributed by atoms with E-state index in [1.54, 1.807) is 14.8 Å². The fraction of sp³-hybridized carbons (Fsp3) is 0.571. The summed E-state index contributed by atoms with van der Waals surface area (Å²) in [6.07, 6.45) is 1.74. The van der Waals surface area contributed by atoms with Gasteiger partial charge in [0.1, 0.15) is 28.4 Å². The van der Waals surface area contributed by atoms with E-state index < -0.39 is 10.4 Å². The van der Waals surface area contributed by atoms with Crippen LogP contribution in [0.4, 0.5) is 5.82 Å². The molecule has 80 valence electrons. The molecule has 1 aromatic rings. The van der Waals surface area contributed by atoms with Crippen LogP contribution in [0.2, 0.25) is 6.32 Å². The van der Waals surface area contributed by atoms with Crippen LogP contribution in [-0.4, -0.2) is 40.8 Å². The lowest BCUT2D eigenvalue weighted by molar-refractivity contribution is -0.392. The summed E-state index contributed by atoms with van der Waals surface area (Å²) in [5.74, 6) is 0.455. The Morgan fingerprint density at radius 3 is 2.87 bits per heavy atom. The SMILES string of the molecule is BCC(B)(O)Cn1c([N+](=O)[O-])cnc1C. The van der Waals surface area contributed by atoms with Crippen LogP contribution in [0.1, 0.15) is 5.82 Å². The molecule has 1 atom stereocenters. The van der Waals surface area contributed by atoms with Crippen LogP contribution in [-0.2, 0) is 6.54 Å². The summed E-state index contributed by atoms with van der Waals surface area (Å²) in [5, 5.41) is 20.5. The van der Waals surface area contributed by atoms with E-state index in [9.17, 15) is 15.2 Å². The van der Waals surface area contributed by atoms with Gasteiger partial charge in [0.05, 0.1) is 5.50 Å². The van der Waals surface area contributed by atoms with Gasteiger partial charge in [0.15, 0.2) is 5.82 Å². The zero-order valence-electron chi connectivity index (χ0n) is 9.10. The van der Waals surface area contributed by atoms with Crippen molar-refractivity contribution >= 4 is 21.5 Å². The predicted octanol–water partition coefficient (Wildman–Crippen LogP) is -1.53. The Morgan fingerprint density at radius 1 is 1.80 bits per heavy atom. The third-order valence-corrected chi connectivity index (χ3v) is 2.48. The summed E-state index contributed by atoms with van der Waals surface area (Å²) < 4.78 is 1.42. The summed E-state index contributed by atoms with van der Waals surface area (Å²) in [5.41, 5.74) is -0.948. The van der Waals surface area contributed by atoms with Gasteiger partial charge in [-0.1, -0.05) is 6.32 Å². The molecule has 1 N–H and O–H groups in total. The maximum Gasteiger partial charge on any atom is 0.342 e. The van der Waals surface area contributed by atoms with Crippen LogP contribution in [0.15, 0.2) is 6.20 Å². The molecular formula is C7H13B2N3O3. The highest BCUT2D eigenvalue weighted by molar-refractivity contribution is 6.21. The first kappa shape index (κ1) is 11.8. The molecule has 0 radical (unpaired) electrons. The van der Waals surface area contributed by atoms with Crippen molar-refractivity contribution in [1.82, 2.24) is 9.55 Å². The number of hydrogen-bond acceptors (Lipinski definition) is 4. The van der Waals surface area contributed by atoms with E-state index in [0.29, 0.717) is 12.1 Å². The number of hydrogen-bond donors (Lipinski definition) is 1. The van der Waals surface area contributed by atoms with E-state index in [0.717, 1.165) is 0 Å². The summed E-state index contributed by atoms with van der Waals surface area (Å²) in [7, 11) is 3.48. The molecular weight excluding hydrogens is 196 g/mol. The van der Waals surface area contributed by atoms with Gasteiger partial charge in [0.2, 0.25) is 0 Å². The van der Waals surface area contributed by atoms with Crippen LogP contribution < -0.4 is 0 Å². The third kappa shape index (κ3) is 2.59. The highest BCUT2D eigenvalue weighted by Crippen LogP contribution is 2.17. The van der Waals surface area contributed by atoms with Crippen molar-refractivity contribution in [3.8, 4) is 0 Å². The molecule has 0 aromatic carbocycles. The summed E-state index contributed by atoms with van der Waals surface area (Å²) in [6, 6.07) is 0. The average Bonchev–Trinajstić information content (AvgIpc) is 2.48. The molecule has 0 bridgehead atoms. The zero-order chi connectivity index (χ0) is 11.6. The van der Waals surface area contributed by atoms with E-state index in [2.05, 4.69) is 4.98 Å². The number of rotatable bonds is 4. The summed E-state index contributed by atoms with van der Waals surface area (Å²) in [6.45, 7) is 1.87. The Balaban J connectivity index is 3.03. The van der Waals surface area contributed by atoms with E-state index in [-0.39, 0.29) is 12.4 Å². The van der Waals surface area contributed by atoms with Crippen molar-refractivity contribution in [1.29, 1.82) is 0 Å². The normalized spacial score (nSPS) is 14.8. The van der Waals surface area contributed by atoms with Gasteiger partial charge >= 0.3 is 5.82 Å². The second-order valence-electron chi connectivity index (χ2n) is 3.86. The second-order valence-corrected chi connectivity index (χ2v) is 3.86. The zero-order valence-corrected chi connectivity index (χ0v) is 9.10. The lowest BCUT2D eigenvalue weighted by Gasteiger charge is -2.19. The van der Waals surface area contributed by atoms with E-state index in [1.807, 2.05) is 7.85 Å². The first-order valence-electron chi connectivity index (χ1n) is 4.76. The molecule has 1 aromatic heterocycles. The quantitative estimate of drug-likeness (QED) is 0.370. The monoisotopic (exact) mass is 209 g/mol. The van der Waals surface area contributed by atoms with Gasteiger partial charge in [-0.3, -0.25) is 0 Å². The second kappa shape index (κ2) is 4.06. The lowest BCUT2D eigenvalue weighted by Crippen LogP contribution is -2.34. The summed E-state index contributed by atoms with van der Waals surface area (Å²) in [4.78, 5) is 14.0. The average molecular weight is 209 g/mol. The third-order valence-electron chi connectivity index (χ3n) is 2.48. The number of aryl methyl sites for hydroxylation is 1. The molecule has 0 spiro atoms. The van der Waals surface area contributed by atoms with Gasteiger partial charge in [0, 0.05) is 6.92 Å². The highest BCUT2D eigenvalue weighted by Gasteiger charge is 2.26. The maximum absolute atomic E-state index is 10.7. The van der Waals surface area contributed by atoms with Gasteiger partial charge in [-0.2, -0.15) is 0 Å². The Morgan fingerprint density at radius 2 is 2.40 bits per heavy atom. The van der Waals surface area contributed by atoms with E-state index in [1.165, 1.54) is 10.8 Å². The van der Waals surface area contributed by atoms with Crippen LogP contribution in [0.3, 0.4) is 0 Å². The molecule has 15 heavy (non-hydrogen) atoms. The van der Waals surface area contributed by atoms with Crippen LogP contribution in [0.5, 0.6) is 0 Å². The topological polar surface area (TPSA) is 81.2 Å². The smallest absolute Gasteiger partial charge is 0.342 e. The molecule has 8 heteroatoms. The largest absolute Gasteiger partial charge is 0.396 e. The van der Waals surface area contributed by atoms with E-state index in [4.69, 9.17) is 0 Å². The standard InChI is InChI=1S/C7H13B2N3O3/c1-5-10-2-6(12(14)15)11(5)4-7(9,13)3-8/h2,13H,3-4,8-9H2,1H3. The Hall–Kier alpha value is -1.30. The molecule has 0 aliphatic carbocycles. The first-order valence-corrected chi connectivity index (χ1v) is 4.76. The Kier molecular flexibility index (Phi) is 3.18. The maximum atomic E-state index is 10.7. The number of nitro groups is 1. The molecule has 1 unspecified atom stereocenters. The van der Waals surface area contributed by atoms with Crippen molar-refractivity contribution in [2.24, 2.45) is 0 Å². The Bertz CT molecular complexity index is 378. The Labute approximate surface area is 89.3 Å². The lowest BCUT2D eigenvalue weighted by atomic mass is 9.72. The molecule has 0 saturated heterocycles. The van der Waals surface area contributed by atoms with Gasteiger partial charge in [-0.15, -0.1) is 0 Å². The minimum Gasteiger partial charge on any atom is -0.396 e. The molecule has 0 fully saturated rings. The molecule has 1 rings (SSSR count). The number of imidazole rings is 1. The minimum atomic E-state index is -0.948. The van der Waals surface area contributed by atoms with Crippen molar-refractivity contribution < 1.29 is 10.0 Å². The fourth-order valence-electron chi connectivity index (χ4n) is 1.25. The van der Waals surface area contributed by atoms with Gasteiger partial charge in [-0.05, 0) is 4.92 Å². The van der Waals surface area contributed by atoms with Crippen molar-refractivity contribution in [3.63, 3.8) is 0 Å². The number of aromatic nitrogens is 2. The van der Waals surface area contributed by atoms with Crippen molar-refractivity contribution in [2.45, 2.75) is 25.3 Å². The number of aliphatic hydroxyl groups is 1. The molecule has 6 nitrogen and oxygen atoms in total. The highest BCUT2D eigenvalue weighted by atomic mass is 16.6. The fourth-order valence-corrected chi connectivity index (χ4v) is 1.25. The van der Waals surface area contributed by atoms with Crippen molar-refractivity contribution in [2.75, 3.05) is 0 Å². The van der Waals surface area contributed by atoms with Crippen LogP contribution in [0, 0.1) is 17.0 Å². The van der Waals surface area contributed by atoms with Gasteiger partial charge < -0.3 is 15.2 Å².